The lowest BCUT2D eigenvalue weighted by Gasteiger charge is -2.27. The van der Waals surface area contributed by atoms with E-state index in [2.05, 4.69) is 12.2 Å². The standard InChI is InChI=1S/C19H26N2O3/c1-13-7-9-15(10-8-13)20-19(23)14-11-18(22)21(12-14)16-5-3-4-6-17(16)24-2/h3-6,13-15H,7-12H2,1-2H3,(H,20,23)/t13?,14-,15?/m1/s1. The third kappa shape index (κ3) is 3.55. The van der Waals surface area contributed by atoms with E-state index in [-0.39, 0.29) is 30.2 Å². The maximum absolute atomic E-state index is 12.6. The topological polar surface area (TPSA) is 58.6 Å². The predicted octanol–water partition coefficient (Wildman–Crippen LogP) is 2.74. The van der Waals surface area contributed by atoms with Gasteiger partial charge in [0, 0.05) is 19.0 Å². The first-order valence-corrected chi connectivity index (χ1v) is 8.82. The van der Waals surface area contributed by atoms with E-state index in [0.717, 1.165) is 24.4 Å². The van der Waals surface area contributed by atoms with Crippen molar-refractivity contribution in [3.63, 3.8) is 0 Å². The molecule has 0 aromatic heterocycles. The number of nitrogens with one attached hydrogen (secondary N) is 1. The smallest absolute Gasteiger partial charge is 0.227 e. The van der Waals surface area contributed by atoms with Crippen LogP contribution in [0.4, 0.5) is 5.69 Å². The number of ether oxygens (including phenoxy) is 1. The van der Waals surface area contributed by atoms with Crippen molar-refractivity contribution in [2.24, 2.45) is 11.8 Å². The summed E-state index contributed by atoms with van der Waals surface area (Å²) in [4.78, 5) is 26.6. The van der Waals surface area contributed by atoms with Crippen LogP contribution in [-0.4, -0.2) is 31.5 Å². The van der Waals surface area contributed by atoms with Crippen LogP contribution in [0.25, 0.3) is 0 Å². The molecule has 5 nitrogen and oxygen atoms in total. The molecule has 1 heterocycles. The zero-order valence-electron chi connectivity index (χ0n) is 14.5. The molecule has 0 radical (unpaired) electrons. The fraction of sp³-hybridized carbons (Fsp3) is 0.579. The fourth-order valence-electron chi connectivity index (χ4n) is 3.69. The Morgan fingerprint density at radius 3 is 2.62 bits per heavy atom. The number of hydrogen-bond donors (Lipinski definition) is 1. The molecular formula is C19H26N2O3. The van der Waals surface area contributed by atoms with Gasteiger partial charge in [0.2, 0.25) is 11.8 Å². The van der Waals surface area contributed by atoms with Gasteiger partial charge in [-0.05, 0) is 43.7 Å². The van der Waals surface area contributed by atoms with E-state index in [1.165, 1.54) is 12.8 Å². The van der Waals surface area contributed by atoms with Gasteiger partial charge in [-0.3, -0.25) is 9.59 Å². The van der Waals surface area contributed by atoms with Crippen molar-refractivity contribution in [1.82, 2.24) is 5.32 Å². The summed E-state index contributed by atoms with van der Waals surface area (Å²) in [7, 11) is 1.59. The highest BCUT2D eigenvalue weighted by Crippen LogP contribution is 2.33. The van der Waals surface area contributed by atoms with Gasteiger partial charge < -0.3 is 15.0 Å². The summed E-state index contributed by atoms with van der Waals surface area (Å²) < 4.78 is 5.34. The Balaban J connectivity index is 1.63. The highest BCUT2D eigenvalue weighted by atomic mass is 16.5. The number of carbonyl (C=O) groups is 2. The molecule has 1 saturated carbocycles. The Morgan fingerprint density at radius 2 is 1.92 bits per heavy atom. The van der Waals surface area contributed by atoms with Crippen LogP contribution in [0, 0.1) is 11.8 Å². The van der Waals surface area contributed by atoms with E-state index in [1.807, 2.05) is 24.3 Å². The number of carbonyl (C=O) groups excluding carboxylic acids is 2. The average molecular weight is 330 g/mol. The van der Waals surface area contributed by atoms with E-state index >= 15 is 0 Å². The van der Waals surface area contributed by atoms with Crippen LogP contribution in [0.3, 0.4) is 0 Å². The molecule has 1 atom stereocenters. The van der Waals surface area contributed by atoms with Gasteiger partial charge in [0.15, 0.2) is 0 Å². The summed E-state index contributed by atoms with van der Waals surface area (Å²) in [5.41, 5.74) is 0.742. The van der Waals surface area contributed by atoms with Crippen LogP contribution in [0.5, 0.6) is 5.75 Å². The molecule has 0 bridgehead atoms. The van der Waals surface area contributed by atoms with E-state index in [9.17, 15) is 9.59 Å². The zero-order valence-corrected chi connectivity index (χ0v) is 14.5. The molecule has 0 spiro atoms. The lowest BCUT2D eigenvalue weighted by Crippen LogP contribution is -2.41. The molecule has 1 aromatic carbocycles. The molecule has 3 rings (SSSR count). The van der Waals surface area contributed by atoms with Crippen molar-refractivity contribution >= 4 is 17.5 Å². The van der Waals surface area contributed by atoms with Gasteiger partial charge in [-0.2, -0.15) is 0 Å². The lowest BCUT2D eigenvalue weighted by atomic mass is 9.87. The summed E-state index contributed by atoms with van der Waals surface area (Å²) in [5.74, 6) is 1.14. The van der Waals surface area contributed by atoms with Crippen LogP contribution in [0.1, 0.15) is 39.0 Å². The highest BCUT2D eigenvalue weighted by Gasteiger charge is 2.37. The first-order valence-electron chi connectivity index (χ1n) is 8.82. The van der Waals surface area contributed by atoms with E-state index in [1.54, 1.807) is 12.0 Å². The Hall–Kier alpha value is -2.04. The number of nitrogens with zero attached hydrogens (tertiary/aromatic N) is 1. The van der Waals surface area contributed by atoms with E-state index in [0.29, 0.717) is 12.3 Å². The van der Waals surface area contributed by atoms with Crippen molar-refractivity contribution in [2.45, 2.75) is 45.1 Å². The molecule has 1 saturated heterocycles. The summed E-state index contributed by atoms with van der Waals surface area (Å²) in [5, 5.41) is 3.15. The van der Waals surface area contributed by atoms with Gasteiger partial charge in [-0.15, -0.1) is 0 Å². The molecule has 1 aromatic rings. The minimum absolute atomic E-state index is 0.0142. The van der Waals surface area contributed by atoms with Gasteiger partial charge in [0.1, 0.15) is 5.75 Å². The second kappa shape index (κ2) is 7.24. The highest BCUT2D eigenvalue weighted by molar-refractivity contribution is 6.01. The molecule has 24 heavy (non-hydrogen) atoms. The Bertz CT molecular complexity index is 608. The van der Waals surface area contributed by atoms with Gasteiger partial charge in [0.25, 0.3) is 0 Å². The van der Waals surface area contributed by atoms with Crippen molar-refractivity contribution in [2.75, 3.05) is 18.6 Å². The quantitative estimate of drug-likeness (QED) is 0.923. The van der Waals surface area contributed by atoms with Crippen molar-refractivity contribution in [3.05, 3.63) is 24.3 Å². The molecular weight excluding hydrogens is 304 g/mol. The third-order valence-electron chi connectivity index (χ3n) is 5.23. The van der Waals surface area contributed by atoms with Crippen LogP contribution in [0.15, 0.2) is 24.3 Å². The van der Waals surface area contributed by atoms with Gasteiger partial charge >= 0.3 is 0 Å². The van der Waals surface area contributed by atoms with E-state index in [4.69, 9.17) is 4.74 Å². The maximum Gasteiger partial charge on any atom is 0.227 e. The number of amides is 2. The second-order valence-electron chi connectivity index (χ2n) is 7.04. The van der Waals surface area contributed by atoms with Crippen LogP contribution >= 0.6 is 0 Å². The van der Waals surface area contributed by atoms with Crippen molar-refractivity contribution in [1.29, 1.82) is 0 Å². The summed E-state index contributed by atoms with van der Waals surface area (Å²) >= 11 is 0. The number of para-hydroxylation sites is 2. The first kappa shape index (κ1) is 16.8. The fourth-order valence-corrected chi connectivity index (χ4v) is 3.69. The van der Waals surface area contributed by atoms with Gasteiger partial charge in [-0.1, -0.05) is 19.1 Å². The number of hydrogen-bond acceptors (Lipinski definition) is 3. The lowest BCUT2D eigenvalue weighted by molar-refractivity contribution is -0.127. The summed E-state index contributed by atoms with van der Waals surface area (Å²) in [6, 6.07) is 7.71. The number of anilines is 1. The molecule has 1 aliphatic carbocycles. The minimum Gasteiger partial charge on any atom is -0.495 e. The van der Waals surface area contributed by atoms with Crippen LogP contribution in [0.2, 0.25) is 0 Å². The SMILES string of the molecule is COc1ccccc1N1C[C@H](C(=O)NC2CCC(C)CC2)CC1=O. The van der Waals surface area contributed by atoms with E-state index < -0.39 is 0 Å². The number of methoxy groups -OCH3 is 1. The Labute approximate surface area is 143 Å². The van der Waals surface area contributed by atoms with Crippen LogP contribution in [-0.2, 0) is 9.59 Å². The average Bonchev–Trinajstić information content (AvgIpc) is 2.98. The molecule has 0 unspecified atom stereocenters. The zero-order chi connectivity index (χ0) is 17.1. The Kier molecular flexibility index (Phi) is 5.07. The first-order chi connectivity index (χ1) is 11.6. The normalized spacial score (nSPS) is 27.2. The van der Waals surface area contributed by atoms with Crippen molar-refractivity contribution < 1.29 is 14.3 Å². The number of rotatable bonds is 4. The summed E-state index contributed by atoms with van der Waals surface area (Å²) in [6.45, 7) is 2.69. The molecule has 5 heteroatoms. The molecule has 1 aliphatic heterocycles. The van der Waals surface area contributed by atoms with Gasteiger partial charge in [0.05, 0.1) is 18.7 Å². The van der Waals surface area contributed by atoms with Crippen LogP contribution < -0.4 is 15.0 Å². The summed E-state index contributed by atoms with van der Waals surface area (Å²) in [6.07, 6.45) is 4.70. The Morgan fingerprint density at radius 1 is 1.21 bits per heavy atom. The predicted molar refractivity (Wildman–Crippen MR) is 93.0 cm³/mol. The number of benzene rings is 1. The van der Waals surface area contributed by atoms with Gasteiger partial charge in [-0.25, -0.2) is 0 Å². The maximum atomic E-state index is 12.6. The second-order valence-corrected chi connectivity index (χ2v) is 7.04. The largest absolute Gasteiger partial charge is 0.495 e. The molecule has 2 aliphatic rings. The third-order valence-corrected chi connectivity index (χ3v) is 5.23. The minimum atomic E-state index is -0.276. The molecule has 2 fully saturated rings. The van der Waals surface area contributed by atoms with Crippen molar-refractivity contribution in [3.8, 4) is 5.75 Å². The molecule has 2 amide bonds. The molecule has 130 valence electrons. The monoisotopic (exact) mass is 330 g/mol. The molecule has 1 N–H and O–H groups in total.